The summed E-state index contributed by atoms with van der Waals surface area (Å²) in [5.74, 6) is -1.34. The first kappa shape index (κ1) is 15.2. The van der Waals surface area contributed by atoms with Crippen LogP contribution in [0.5, 0.6) is 0 Å². The minimum Gasteiger partial charge on any atom is -0.455 e. The third-order valence-corrected chi connectivity index (χ3v) is 5.33. The number of carbonyl (C=O) groups is 2. The van der Waals surface area contributed by atoms with Crippen LogP contribution in [0.25, 0.3) is 0 Å². The summed E-state index contributed by atoms with van der Waals surface area (Å²) in [6.07, 6.45) is -0.0269. The Morgan fingerprint density at radius 1 is 1.45 bits per heavy atom. The van der Waals surface area contributed by atoms with Crippen LogP contribution < -0.4 is 5.32 Å². The number of fused-ring (bicyclic) bond motifs is 2. The van der Waals surface area contributed by atoms with Crippen molar-refractivity contribution in [2.24, 2.45) is 11.8 Å². The van der Waals surface area contributed by atoms with Crippen molar-refractivity contribution < 1.29 is 26.9 Å². The molecule has 1 amide bonds. The largest absolute Gasteiger partial charge is 0.455 e. The molecule has 2 rings (SSSR count). The van der Waals surface area contributed by atoms with E-state index in [9.17, 15) is 18.0 Å². The van der Waals surface area contributed by atoms with Crippen LogP contribution in [0.15, 0.2) is 0 Å². The number of rotatable bonds is 3. The van der Waals surface area contributed by atoms with E-state index >= 15 is 0 Å². The van der Waals surface area contributed by atoms with E-state index in [-0.39, 0.29) is 30.0 Å². The predicted octanol–water partition coefficient (Wildman–Crippen LogP) is -0.191. The molecule has 4 atom stereocenters. The summed E-state index contributed by atoms with van der Waals surface area (Å²) in [5, 5.41) is 2.36. The normalized spacial score (nSPS) is 38.2. The van der Waals surface area contributed by atoms with Crippen molar-refractivity contribution in [2.75, 3.05) is 12.3 Å². The van der Waals surface area contributed by atoms with Crippen molar-refractivity contribution in [3.63, 3.8) is 0 Å². The lowest BCUT2D eigenvalue weighted by molar-refractivity contribution is -0.172. The highest BCUT2D eigenvalue weighted by molar-refractivity contribution is 7.86. The van der Waals surface area contributed by atoms with Crippen LogP contribution in [0.4, 0.5) is 0 Å². The van der Waals surface area contributed by atoms with Gasteiger partial charge in [-0.15, -0.1) is 0 Å². The summed E-state index contributed by atoms with van der Waals surface area (Å²) >= 11 is 0. The van der Waals surface area contributed by atoms with Gasteiger partial charge in [-0.25, -0.2) is 0 Å². The molecule has 1 aliphatic carbocycles. The fraction of sp³-hybridized carbons (Fsp3) is 0.833. The number of carbonyl (C=O) groups excluding carboxylic acids is 2. The molecule has 20 heavy (non-hydrogen) atoms. The van der Waals surface area contributed by atoms with Crippen LogP contribution in [0.3, 0.4) is 0 Å². The summed E-state index contributed by atoms with van der Waals surface area (Å²) in [6, 6.07) is 0. The Hall–Kier alpha value is -1.15. The number of ether oxygens (including phenoxy) is 1. The second-order valence-electron chi connectivity index (χ2n) is 5.72. The topological polar surface area (TPSA) is 98.8 Å². The van der Waals surface area contributed by atoms with Gasteiger partial charge in [0.25, 0.3) is 10.1 Å². The van der Waals surface area contributed by atoms with Crippen molar-refractivity contribution in [3.05, 3.63) is 0 Å². The van der Waals surface area contributed by atoms with Gasteiger partial charge in [0.2, 0.25) is 5.91 Å². The molecule has 7 nitrogen and oxygen atoms in total. The standard InChI is InChI=1S/C12H19NO6S/c1-7-4-9-6-20(16,17)19-11(7)12(9,3)18-10(15)5-13-8(2)14/h7,9,11H,4-6H2,1-3H3,(H,13,14). The Balaban J connectivity index is 2.11. The minimum absolute atomic E-state index is 0.00385. The van der Waals surface area contributed by atoms with Crippen molar-refractivity contribution in [1.82, 2.24) is 5.32 Å². The van der Waals surface area contributed by atoms with E-state index in [2.05, 4.69) is 5.32 Å². The highest BCUT2D eigenvalue weighted by atomic mass is 32.2. The molecule has 0 aromatic carbocycles. The van der Waals surface area contributed by atoms with Crippen LogP contribution in [-0.4, -0.2) is 44.3 Å². The highest BCUT2D eigenvalue weighted by Crippen LogP contribution is 2.48. The van der Waals surface area contributed by atoms with Crippen molar-refractivity contribution >= 4 is 22.0 Å². The van der Waals surface area contributed by atoms with E-state index in [4.69, 9.17) is 8.92 Å². The third kappa shape index (κ3) is 2.80. The first-order valence-electron chi connectivity index (χ1n) is 6.51. The lowest BCUT2D eigenvalue weighted by atomic mass is 9.92. The number of esters is 1. The molecule has 1 aliphatic heterocycles. The number of nitrogens with one attached hydrogen (secondary N) is 1. The number of amides is 1. The minimum atomic E-state index is -3.55. The van der Waals surface area contributed by atoms with Gasteiger partial charge in [0.15, 0.2) is 0 Å². The fourth-order valence-electron chi connectivity index (χ4n) is 3.09. The zero-order valence-electron chi connectivity index (χ0n) is 11.7. The van der Waals surface area contributed by atoms with Crippen molar-refractivity contribution in [1.29, 1.82) is 0 Å². The molecule has 1 saturated carbocycles. The maximum absolute atomic E-state index is 11.8. The summed E-state index contributed by atoms with van der Waals surface area (Å²) in [5.41, 5.74) is -0.958. The summed E-state index contributed by atoms with van der Waals surface area (Å²) in [7, 11) is -3.55. The third-order valence-electron chi connectivity index (χ3n) is 4.02. The van der Waals surface area contributed by atoms with E-state index < -0.39 is 27.8 Å². The molecule has 0 radical (unpaired) electrons. The molecular formula is C12H19NO6S. The second-order valence-corrected chi connectivity index (χ2v) is 7.36. The molecule has 114 valence electrons. The Bertz CT molecular complexity index is 530. The van der Waals surface area contributed by atoms with Crippen LogP contribution in [0.2, 0.25) is 0 Å². The molecule has 0 aromatic heterocycles. The second kappa shape index (κ2) is 5.00. The van der Waals surface area contributed by atoms with E-state index in [0.717, 1.165) is 0 Å². The van der Waals surface area contributed by atoms with Crippen molar-refractivity contribution in [3.8, 4) is 0 Å². The van der Waals surface area contributed by atoms with Crippen molar-refractivity contribution in [2.45, 2.75) is 38.9 Å². The fourth-order valence-corrected chi connectivity index (χ4v) is 4.83. The average molecular weight is 305 g/mol. The zero-order valence-corrected chi connectivity index (χ0v) is 12.5. The molecule has 1 heterocycles. The SMILES string of the molecule is CC(=O)NCC(=O)OC1(C)C2CC(C)C1OS(=O)(=O)C2. The van der Waals surface area contributed by atoms with Gasteiger partial charge in [0, 0.05) is 12.8 Å². The summed E-state index contributed by atoms with van der Waals surface area (Å²) < 4.78 is 33.8. The van der Waals surface area contributed by atoms with Gasteiger partial charge in [-0.3, -0.25) is 13.8 Å². The van der Waals surface area contributed by atoms with Crippen LogP contribution in [0.1, 0.15) is 27.2 Å². The van der Waals surface area contributed by atoms with Crippen LogP contribution in [0, 0.1) is 11.8 Å². The van der Waals surface area contributed by atoms with E-state index in [1.165, 1.54) is 6.92 Å². The monoisotopic (exact) mass is 305 g/mol. The summed E-state index contributed by atoms with van der Waals surface area (Å²) in [6.45, 7) is 4.65. The number of hydrogen-bond donors (Lipinski definition) is 1. The highest BCUT2D eigenvalue weighted by Gasteiger charge is 2.60. The molecule has 0 spiro atoms. The molecule has 1 saturated heterocycles. The first-order chi connectivity index (χ1) is 9.14. The molecule has 0 aromatic rings. The molecular weight excluding hydrogens is 286 g/mol. The van der Waals surface area contributed by atoms with Gasteiger partial charge in [-0.2, -0.15) is 8.42 Å². The Morgan fingerprint density at radius 3 is 2.65 bits per heavy atom. The summed E-state index contributed by atoms with van der Waals surface area (Å²) in [4.78, 5) is 22.5. The lowest BCUT2D eigenvalue weighted by Crippen LogP contribution is -2.54. The molecule has 1 N–H and O–H groups in total. The Kier molecular flexibility index (Phi) is 3.81. The van der Waals surface area contributed by atoms with Gasteiger partial charge in [0.1, 0.15) is 18.2 Å². The van der Waals surface area contributed by atoms with Gasteiger partial charge < -0.3 is 10.1 Å². The lowest BCUT2D eigenvalue weighted by Gasteiger charge is -2.39. The van der Waals surface area contributed by atoms with Gasteiger partial charge >= 0.3 is 5.97 Å². The molecule has 2 fully saturated rings. The Morgan fingerprint density at radius 2 is 2.10 bits per heavy atom. The maximum Gasteiger partial charge on any atom is 0.326 e. The predicted molar refractivity (Wildman–Crippen MR) is 69.1 cm³/mol. The van der Waals surface area contributed by atoms with Gasteiger partial charge in [-0.1, -0.05) is 6.92 Å². The van der Waals surface area contributed by atoms with E-state index in [0.29, 0.717) is 6.42 Å². The van der Waals surface area contributed by atoms with Crippen LogP contribution >= 0.6 is 0 Å². The quantitative estimate of drug-likeness (QED) is 0.573. The molecule has 8 heteroatoms. The van der Waals surface area contributed by atoms with E-state index in [1.807, 2.05) is 6.92 Å². The molecule has 2 bridgehead atoms. The van der Waals surface area contributed by atoms with Crippen LogP contribution in [-0.2, 0) is 28.6 Å². The first-order valence-corrected chi connectivity index (χ1v) is 8.09. The maximum atomic E-state index is 11.8. The van der Waals surface area contributed by atoms with Gasteiger partial charge in [-0.05, 0) is 19.3 Å². The molecule has 2 aliphatic rings. The zero-order chi connectivity index (χ0) is 15.1. The average Bonchev–Trinajstić information content (AvgIpc) is 2.45. The smallest absolute Gasteiger partial charge is 0.326 e. The molecule has 4 unspecified atom stereocenters. The van der Waals surface area contributed by atoms with Gasteiger partial charge in [0.05, 0.1) is 5.75 Å². The van der Waals surface area contributed by atoms with E-state index in [1.54, 1.807) is 6.92 Å². The number of hydrogen-bond acceptors (Lipinski definition) is 6. The Labute approximate surface area is 118 Å².